The molecule has 0 saturated heterocycles. The molecule has 0 atom stereocenters. The summed E-state index contributed by atoms with van der Waals surface area (Å²) in [5, 5.41) is 6.63. The van der Waals surface area contributed by atoms with E-state index in [1.807, 2.05) is 30.3 Å². The van der Waals surface area contributed by atoms with Crippen LogP contribution >= 0.6 is 23.2 Å². The predicted octanol–water partition coefficient (Wildman–Crippen LogP) is 11.1. The number of esters is 1. The number of hydrogen-bond acceptors (Lipinski definition) is 4. The molecule has 0 radical (unpaired) electrons. The number of nitrogens with zero attached hydrogens (tertiary/aromatic N) is 1. The van der Waals surface area contributed by atoms with Gasteiger partial charge in [-0.05, 0) is 41.5 Å². The summed E-state index contributed by atoms with van der Waals surface area (Å²) < 4.78 is 5.71. The minimum absolute atomic E-state index is 0.127. The first-order chi connectivity index (χ1) is 21.0. The molecule has 7 heteroatoms. The fourth-order valence-electron chi connectivity index (χ4n) is 5.19. The second-order valence-electron chi connectivity index (χ2n) is 11.2. The van der Waals surface area contributed by atoms with Gasteiger partial charge in [-0.25, -0.2) is 10.2 Å². The van der Waals surface area contributed by atoms with Gasteiger partial charge in [0.15, 0.2) is 0 Å². The van der Waals surface area contributed by atoms with Crippen molar-refractivity contribution in [1.29, 1.82) is 0 Å². The molecule has 0 saturated carbocycles. The van der Waals surface area contributed by atoms with E-state index >= 15 is 0 Å². The lowest BCUT2D eigenvalue weighted by atomic mass is 10.0. The Hall–Kier alpha value is -2.89. The van der Waals surface area contributed by atoms with Gasteiger partial charge in [0.1, 0.15) is 5.75 Å². The molecule has 3 aromatic carbocycles. The summed E-state index contributed by atoms with van der Waals surface area (Å²) in [6.45, 7) is 2.27. The van der Waals surface area contributed by atoms with Crippen LogP contribution in [0.1, 0.15) is 126 Å². The molecule has 0 aliphatic carbocycles. The maximum absolute atomic E-state index is 12.9. The van der Waals surface area contributed by atoms with E-state index in [9.17, 15) is 9.59 Å². The zero-order chi connectivity index (χ0) is 30.7. The lowest BCUT2D eigenvalue weighted by molar-refractivity contribution is -0.121. The molecule has 0 fully saturated rings. The molecular formula is C36H46Cl2N2O3. The van der Waals surface area contributed by atoms with Crippen molar-refractivity contribution in [2.24, 2.45) is 5.10 Å². The van der Waals surface area contributed by atoms with Crippen LogP contribution in [-0.4, -0.2) is 18.1 Å². The number of carbonyl (C=O) groups is 2. The molecule has 232 valence electrons. The summed E-state index contributed by atoms with van der Waals surface area (Å²) in [4.78, 5) is 25.3. The summed E-state index contributed by atoms with van der Waals surface area (Å²) in [5.74, 6) is -0.420. The lowest BCUT2D eigenvalue weighted by Crippen LogP contribution is -2.17. The van der Waals surface area contributed by atoms with Crippen LogP contribution in [0.15, 0.2) is 59.7 Å². The van der Waals surface area contributed by atoms with E-state index in [0.29, 0.717) is 22.8 Å². The fraction of sp³-hybridized carbons (Fsp3) is 0.472. The van der Waals surface area contributed by atoms with Gasteiger partial charge in [-0.1, -0.05) is 150 Å². The smallest absolute Gasteiger partial charge is 0.345 e. The molecule has 1 N–H and O–H groups in total. The molecule has 5 nitrogen and oxygen atoms in total. The van der Waals surface area contributed by atoms with Crippen molar-refractivity contribution in [1.82, 2.24) is 5.43 Å². The average molecular weight is 626 g/mol. The van der Waals surface area contributed by atoms with Crippen LogP contribution in [0.3, 0.4) is 0 Å². The highest BCUT2D eigenvalue weighted by atomic mass is 35.5. The minimum atomic E-state index is -0.608. The van der Waals surface area contributed by atoms with Gasteiger partial charge in [-0.2, -0.15) is 5.10 Å². The first-order valence-corrected chi connectivity index (χ1v) is 16.8. The van der Waals surface area contributed by atoms with Gasteiger partial charge in [0.05, 0.1) is 16.8 Å². The van der Waals surface area contributed by atoms with Crippen molar-refractivity contribution in [2.75, 3.05) is 0 Å². The van der Waals surface area contributed by atoms with Crippen LogP contribution in [0.2, 0.25) is 10.0 Å². The van der Waals surface area contributed by atoms with Crippen molar-refractivity contribution >= 4 is 52.1 Å². The van der Waals surface area contributed by atoms with Crippen LogP contribution in [0.4, 0.5) is 0 Å². The number of amides is 1. The van der Waals surface area contributed by atoms with Crippen LogP contribution in [0, 0.1) is 0 Å². The molecule has 0 aromatic heterocycles. The maximum atomic E-state index is 12.9. The van der Waals surface area contributed by atoms with E-state index in [4.69, 9.17) is 27.9 Å². The molecule has 0 unspecified atom stereocenters. The van der Waals surface area contributed by atoms with E-state index < -0.39 is 5.97 Å². The third-order valence-electron chi connectivity index (χ3n) is 7.67. The van der Waals surface area contributed by atoms with Gasteiger partial charge in [-0.3, -0.25) is 4.79 Å². The Morgan fingerprint density at radius 2 is 1.37 bits per heavy atom. The third-order valence-corrected chi connectivity index (χ3v) is 8.22. The average Bonchev–Trinajstić information content (AvgIpc) is 3.00. The number of carbonyl (C=O) groups excluding carboxylic acids is 2. The number of hydrazone groups is 1. The van der Waals surface area contributed by atoms with Crippen LogP contribution < -0.4 is 10.2 Å². The monoisotopic (exact) mass is 624 g/mol. The Labute approximate surface area is 267 Å². The van der Waals surface area contributed by atoms with E-state index in [-0.39, 0.29) is 16.5 Å². The number of ether oxygens (including phenoxy) is 1. The number of halogens is 2. The number of benzene rings is 3. The maximum Gasteiger partial charge on any atom is 0.345 e. The Kier molecular flexibility index (Phi) is 16.2. The highest BCUT2D eigenvalue weighted by Crippen LogP contribution is 2.29. The van der Waals surface area contributed by atoms with Gasteiger partial charge in [-0.15, -0.1) is 0 Å². The molecule has 43 heavy (non-hydrogen) atoms. The quantitative estimate of drug-likeness (QED) is 0.0447. The molecule has 0 bridgehead atoms. The Morgan fingerprint density at radius 1 is 0.767 bits per heavy atom. The Bertz CT molecular complexity index is 1330. The summed E-state index contributed by atoms with van der Waals surface area (Å²) >= 11 is 12.2. The summed E-state index contributed by atoms with van der Waals surface area (Å²) in [5.41, 5.74) is 3.42. The third kappa shape index (κ3) is 12.7. The molecular weight excluding hydrogens is 579 g/mol. The first kappa shape index (κ1) is 34.6. The van der Waals surface area contributed by atoms with Crippen molar-refractivity contribution < 1.29 is 14.3 Å². The van der Waals surface area contributed by atoms with E-state index in [1.54, 1.807) is 12.1 Å². The molecule has 0 aliphatic heterocycles. The summed E-state index contributed by atoms with van der Waals surface area (Å²) in [6.07, 6.45) is 21.3. The lowest BCUT2D eigenvalue weighted by Gasteiger charge is -2.11. The second kappa shape index (κ2) is 20.1. The second-order valence-corrected chi connectivity index (χ2v) is 12.0. The van der Waals surface area contributed by atoms with E-state index in [2.05, 4.69) is 17.5 Å². The van der Waals surface area contributed by atoms with E-state index in [1.165, 1.54) is 95.4 Å². The molecule has 0 spiro atoms. The minimum Gasteiger partial charge on any atom is -0.422 e. The summed E-state index contributed by atoms with van der Waals surface area (Å²) in [6, 6.07) is 15.9. The molecule has 3 aromatic rings. The Balaban J connectivity index is 1.38. The highest BCUT2D eigenvalue weighted by molar-refractivity contribution is 6.36. The van der Waals surface area contributed by atoms with Crippen LogP contribution in [0.5, 0.6) is 5.75 Å². The highest BCUT2D eigenvalue weighted by Gasteiger charge is 2.16. The topological polar surface area (TPSA) is 67.8 Å². The van der Waals surface area contributed by atoms with E-state index in [0.717, 1.165) is 30.0 Å². The standard InChI is InChI=1S/C36H46Cl2N2O3/c1-2-3-4-5-6-7-8-9-10-11-12-13-14-15-16-21-35(41)40-39-27-32-30-20-18-17-19-28(30)22-25-34(32)43-36(42)31-24-23-29(37)26-33(31)38/h17-20,22-27H,2-16,21H2,1H3,(H,40,41). The fourth-order valence-corrected chi connectivity index (χ4v) is 5.67. The molecule has 0 aliphatic rings. The molecule has 1 amide bonds. The summed E-state index contributed by atoms with van der Waals surface area (Å²) in [7, 11) is 0. The number of fused-ring (bicyclic) bond motifs is 1. The SMILES string of the molecule is CCCCCCCCCCCCCCCCCC(=O)NN=Cc1c(OC(=O)c2ccc(Cl)cc2Cl)ccc2ccccc12. The van der Waals surface area contributed by atoms with Crippen molar-refractivity contribution in [3.05, 3.63) is 75.8 Å². The first-order valence-electron chi connectivity index (χ1n) is 16.0. The zero-order valence-corrected chi connectivity index (χ0v) is 27.0. The number of unbranched alkanes of at least 4 members (excludes halogenated alkanes) is 14. The van der Waals surface area contributed by atoms with Gasteiger partial charge >= 0.3 is 5.97 Å². The largest absolute Gasteiger partial charge is 0.422 e. The van der Waals surface area contributed by atoms with Gasteiger partial charge < -0.3 is 4.74 Å². The molecule has 3 rings (SSSR count). The number of nitrogens with one attached hydrogen (secondary N) is 1. The van der Waals surface area contributed by atoms with Crippen LogP contribution in [-0.2, 0) is 4.79 Å². The predicted molar refractivity (Wildman–Crippen MR) is 181 cm³/mol. The van der Waals surface area contributed by atoms with Gasteiger partial charge in [0, 0.05) is 17.0 Å². The van der Waals surface area contributed by atoms with Gasteiger partial charge in [0.2, 0.25) is 5.91 Å². The van der Waals surface area contributed by atoms with Crippen molar-refractivity contribution in [3.63, 3.8) is 0 Å². The molecule has 0 heterocycles. The van der Waals surface area contributed by atoms with Crippen molar-refractivity contribution in [2.45, 2.75) is 110 Å². The zero-order valence-electron chi connectivity index (χ0n) is 25.5. The normalized spacial score (nSPS) is 11.3. The van der Waals surface area contributed by atoms with Crippen molar-refractivity contribution in [3.8, 4) is 5.75 Å². The Morgan fingerprint density at radius 3 is 2.00 bits per heavy atom. The number of hydrogen-bond donors (Lipinski definition) is 1. The van der Waals surface area contributed by atoms with Gasteiger partial charge in [0.25, 0.3) is 0 Å². The number of rotatable bonds is 20. The van der Waals surface area contributed by atoms with Crippen LogP contribution in [0.25, 0.3) is 10.8 Å².